The van der Waals surface area contributed by atoms with Gasteiger partial charge in [-0.15, -0.1) is 11.6 Å². The van der Waals surface area contributed by atoms with Crippen LogP contribution in [0.4, 0.5) is 0 Å². The summed E-state index contributed by atoms with van der Waals surface area (Å²) in [5.41, 5.74) is 0. The predicted molar refractivity (Wildman–Crippen MR) is 60.8 cm³/mol. The molecule has 0 aromatic carbocycles. The summed E-state index contributed by atoms with van der Waals surface area (Å²) in [5.74, 6) is 0.308. The number of alkyl halides is 1. The van der Waals surface area contributed by atoms with Crippen molar-refractivity contribution < 1.29 is 8.42 Å². The molecule has 1 aliphatic rings. The molecule has 90 valence electrons. The van der Waals surface area contributed by atoms with E-state index in [1.165, 1.54) is 16.8 Å². The van der Waals surface area contributed by atoms with Gasteiger partial charge in [0.1, 0.15) is 0 Å². The highest BCUT2D eigenvalue weighted by atomic mass is 35.5. The topological polar surface area (TPSA) is 55.2 Å². The number of halogens is 1. The molecule has 0 spiro atoms. The summed E-state index contributed by atoms with van der Waals surface area (Å²) in [6, 6.07) is 0.116. The zero-order valence-corrected chi connectivity index (χ0v) is 10.6. The number of hydrogen-bond acceptors (Lipinski definition) is 3. The van der Waals surface area contributed by atoms with E-state index in [2.05, 4.69) is 4.98 Å². The largest absolute Gasteiger partial charge is 0.339 e. The van der Waals surface area contributed by atoms with E-state index in [0.29, 0.717) is 12.4 Å². The van der Waals surface area contributed by atoms with Gasteiger partial charge in [-0.3, -0.25) is 0 Å². The molecule has 1 heterocycles. The Morgan fingerprint density at radius 2 is 2.31 bits per heavy atom. The molecule has 0 amide bonds. The highest BCUT2D eigenvalue weighted by Gasteiger charge is 2.38. The van der Waals surface area contributed by atoms with Crippen LogP contribution in [0.2, 0.25) is 0 Å². The third-order valence-electron chi connectivity index (χ3n) is 2.51. The summed E-state index contributed by atoms with van der Waals surface area (Å²) >= 11 is 5.64. The van der Waals surface area contributed by atoms with Gasteiger partial charge >= 0.3 is 0 Å². The van der Waals surface area contributed by atoms with Crippen molar-refractivity contribution in [2.24, 2.45) is 7.05 Å². The second kappa shape index (κ2) is 4.35. The smallest absolute Gasteiger partial charge is 0.262 e. The Balaban J connectivity index is 2.28. The van der Waals surface area contributed by atoms with E-state index in [0.717, 1.165) is 12.8 Å². The lowest BCUT2D eigenvalue weighted by Gasteiger charge is -2.18. The van der Waals surface area contributed by atoms with Crippen molar-refractivity contribution in [1.82, 2.24) is 13.9 Å². The zero-order chi connectivity index (χ0) is 11.8. The average molecular weight is 264 g/mol. The second-order valence-corrected chi connectivity index (χ2v) is 6.13. The van der Waals surface area contributed by atoms with Gasteiger partial charge in [-0.2, -0.15) is 4.31 Å². The van der Waals surface area contributed by atoms with Crippen LogP contribution >= 0.6 is 11.6 Å². The maximum absolute atomic E-state index is 12.2. The molecule has 0 saturated heterocycles. The van der Waals surface area contributed by atoms with Crippen molar-refractivity contribution in [2.45, 2.75) is 23.9 Å². The van der Waals surface area contributed by atoms with Crippen molar-refractivity contribution >= 4 is 21.6 Å². The molecule has 5 nitrogen and oxygen atoms in total. The van der Waals surface area contributed by atoms with Crippen molar-refractivity contribution in [3.05, 3.63) is 12.5 Å². The Morgan fingerprint density at radius 1 is 1.62 bits per heavy atom. The fourth-order valence-corrected chi connectivity index (χ4v) is 3.52. The summed E-state index contributed by atoms with van der Waals surface area (Å²) in [6.45, 7) is 0.352. The molecule has 0 N–H and O–H groups in total. The monoisotopic (exact) mass is 263 g/mol. The number of nitrogens with zero attached hydrogens (tertiary/aromatic N) is 3. The molecule has 7 heteroatoms. The van der Waals surface area contributed by atoms with Crippen LogP contribution in [0.15, 0.2) is 17.6 Å². The second-order valence-electron chi connectivity index (χ2n) is 3.91. The lowest BCUT2D eigenvalue weighted by Crippen LogP contribution is -2.35. The molecular formula is C9H14ClN3O2S. The standard InChI is InChI=1S/C9H14ClN3O2S/c1-12-6-9(11-7-12)16(14,15)13(5-4-10)8-2-3-8/h6-8H,2-5H2,1H3. The van der Waals surface area contributed by atoms with Crippen LogP contribution in [-0.2, 0) is 17.1 Å². The number of aryl methyl sites for hydroxylation is 1. The summed E-state index contributed by atoms with van der Waals surface area (Å²) in [5, 5.41) is 0.104. The maximum atomic E-state index is 12.2. The molecule has 0 unspecified atom stereocenters. The van der Waals surface area contributed by atoms with Gasteiger partial charge in [0.2, 0.25) is 0 Å². The van der Waals surface area contributed by atoms with Crippen molar-refractivity contribution in [2.75, 3.05) is 12.4 Å². The molecule has 1 fully saturated rings. The average Bonchev–Trinajstić information content (AvgIpc) is 2.96. The number of imidazole rings is 1. The van der Waals surface area contributed by atoms with E-state index >= 15 is 0 Å². The van der Waals surface area contributed by atoms with Crippen LogP contribution in [0, 0.1) is 0 Å². The fraction of sp³-hybridized carbons (Fsp3) is 0.667. The molecule has 2 rings (SSSR count). The molecule has 1 aliphatic carbocycles. The normalized spacial score (nSPS) is 16.9. The highest BCUT2D eigenvalue weighted by molar-refractivity contribution is 7.89. The lowest BCUT2D eigenvalue weighted by atomic mass is 10.6. The Morgan fingerprint density at radius 3 is 2.75 bits per heavy atom. The molecule has 0 aliphatic heterocycles. The van der Waals surface area contributed by atoms with Gasteiger partial charge in [-0.05, 0) is 12.8 Å². The maximum Gasteiger partial charge on any atom is 0.262 e. The minimum atomic E-state index is -3.46. The van der Waals surface area contributed by atoms with Crippen molar-refractivity contribution in [1.29, 1.82) is 0 Å². The fourth-order valence-electron chi connectivity index (χ4n) is 1.59. The van der Waals surface area contributed by atoms with Crippen molar-refractivity contribution in [3.8, 4) is 0 Å². The first-order valence-electron chi connectivity index (χ1n) is 5.11. The quantitative estimate of drug-likeness (QED) is 0.739. The Hall–Kier alpha value is -0.590. The molecular weight excluding hydrogens is 250 g/mol. The van der Waals surface area contributed by atoms with E-state index in [4.69, 9.17) is 11.6 Å². The van der Waals surface area contributed by atoms with Crippen LogP contribution in [0.5, 0.6) is 0 Å². The summed E-state index contributed by atoms with van der Waals surface area (Å²) in [4.78, 5) is 3.89. The van der Waals surface area contributed by atoms with E-state index in [9.17, 15) is 8.42 Å². The third-order valence-corrected chi connectivity index (χ3v) is 4.52. The highest BCUT2D eigenvalue weighted by Crippen LogP contribution is 2.31. The van der Waals surface area contributed by atoms with Gasteiger partial charge < -0.3 is 4.57 Å². The Bertz CT molecular complexity index is 467. The molecule has 1 aromatic heterocycles. The first kappa shape index (κ1) is 11.9. The van der Waals surface area contributed by atoms with Crippen LogP contribution in [0.25, 0.3) is 0 Å². The Kier molecular flexibility index (Phi) is 3.23. The molecule has 16 heavy (non-hydrogen) atoms. The van der Waals surface area contributed by atoms with Gasteiger partial charge in [-0.25, -0.2) is 13.4 Å². The zero-order valence-electron chi connectivity index (χ0n) is 9.00. The Labute approximate surface area is 100 Å². The van der Waals surface area contributed by atoms with E-state index in [-0.39, 0.29) is 11.1 Å². The van der Waals surface area contributed by atoms with Gasteiger partial charge in [0.15, 0.2) is 5.03 Å². The predicted octanol–water partition coefficient (Wildman–Crippen LogP) is 0.812. The SMILES string of the molecule is Cn1cnc(S(=O)(=O)N(CCCl)C2CC2)c1. The number of hydrogen-bond donors (Lipinski definition) is 0. The van der Waals surface area contributed by atoms with Gasteiger partial charge in [0, 0.05) is 31.7 Å². The van der Waals surface area contributed by atoms with Crippen LogP contribution in [0.1, 0.15) is 12.8 Å². The summed E-state index contributed by atoms with van der Waals surface area (Å²) < 4.78 is 27.5. The minimum Gasteiger partial charge on any atom is -0.339 e. The summed E-state index contributed by atoms with van der Waals surface area (Å²) in [7, 11) is -1.72. The molecule has 1 aromatic rings. The molecule has 1 saturated carbocycles. The lowest BCUT2D eigenvalue weighted by molar-refractivity contribution is 0.420. The van der Waals surface area contributed by atoms with Crippen LogP contribution in [-0.4, -0.2) is 40.7 Å². The third kappa shape index (κ3) is 2.23. The van der Waals surface area contributed by atoms with E-state index in [1.807, 2.05) is 0 Å². The first-order valence-corrected chi connectivity index (χ1v) is 7.09. The molecule has 0 atom stereocenters. The molecule has 0 radical (unpaired) electrons. The molecule has 0 bridgehead atoms. The summed E-state index contributed by atoms with van der Waals surface area (Å²) in [6.07, 6.45) is 4.84. The van der Waals surface area contributed by atoms with E-state index < -0.39 is 10.0 Å². The first-order chi connectivity index (χ1) is 7.55. The van der Waals surface area contributed by atoms with Gasteiger partial charge in [0.05, 0.1) is 6.33 Å². The van der Waals surface area contributed by atoms with E-state index in [1.54, 1.807) is 11.6 Å². The number of rotatable bonds is 5. The number of sulfonamides is 1. The van der Waals surface area contributed by atoms with Crippen molar-refractivity contribution in [3.63, 3.8) is 0 Å². The number of aromatic nitrogens is 2. The van der Waals surface area contributed by atoms with Gasteiger partial charge in [0.25, 0.3) is 10.0 Å². The van der Waals surface area contributed by atoms with Gasteiger partial charge in [-0.1, -0.05) is 0 Å². The van der Waals surface area contributed by atoms with Crippen LogP contribution < -0.4 is 0 Å². The van der Waals surface area contributed by atoms with Crippen LogP contribution in [0.3, 0.4) is 0 Å². The minimum absolute atomic E-state index is 0.104.